The minimum absolute atomic E-state index is 0.0540. The van der Waals surface area contributed by atoms with Crippen molar-refractivity contribution in [1.29, 1.82) is 0 Å². The van der Waals surface area contributed by atoms with Gasteiger partial charge in [0.2, 0.25) is 0 Å². The first-order chi connectivity index (χ1) is 20.0. The van der Waals surface area contributed by atoms with Gasteiger partial charge in [-0.2, -0.15) is 15.1 Å². The van der Waals surface area contributed by atoms with E-state index in [2.05, 4.69) is 42.5 Å². The molecule has 1 saturated carbocycles. The number of piperidine rings is 1. The third-order valence-electron chi connectivity index (χ3n) is 9.04. The Balaban J connectivity index is 1.15. The summed E-state index contributed by atoms with van der Waals surface area (Å²) in [6.07, 6.45) is 8.50. The number of quaternary nitrogens is 2. The minimum atomic E-state index is -1.07. The van der Waals surface area contributed by atoms with E-state index in [9.17, 15) is 9.00 Å². The molecular formula is C29H53N7O4S2+2. The number of nitrogens with two attached hydrogens (primary N) is 1. The van der Waals surface area contributed by atoms with E-state index in [1.807, 2.05) is 29.9 Å². The smallest absolute Gasteiger partial charge is 0.343 e. The number of nitrogens with one attached hydrogen (secondary N) is 1. The highest BCUT2D eigenvalue weighted by Gasteiger charge is 2.50. The molecule has 5 rings (SSSR count). The fraction of sp³-hybridized carbons (Fsp3) is 0.862. The lowest BCUT2D eigenvalue weighted by Crippen LogP contribution is -3.29. The number of epoxide rings is 1. The van der Waals surface area contributed by atoms with Gasteiger partial charge in [-0.15, -0.1) is 0 Å². The Hall–Kier alpha value is -0.870. The topological polar surface area (TPSA) is 103 Å². The average molecular weight is 628 g/mol. The van der Waals surface area contributed by atoms with Gasteiger partial charge in [-0.3, -0.25) is 9.80 Å². The molecule has 4 atom stereocenters. The van der Waals surface area contributed by atoms with Gasteiger partial charge < -0.3 is 9.47 Å². The Bertz CT molecular complexity index is 1060. The average Bonchev–Trinajstić information content (AvgIpc) is 3.55. The number of urea groups is 1. The zero-order valence-electron chi connectivity index (χ0n) is 26.4. The lowest BCUT2D eigenvalue weighted by Gasteiger charge is -2.38. The molecule has 4 unspecified atom stereocenters. The molecule has 0 bridgehead atoms. The molecular weight excluding hydrogens is 574 g/mol. The van der Waals surface area contributed by atoms with Gasteiger partial charge in [0, 0.05) is 96.7 Å². The number of piperazine rings is 1. The van der Waals surface area contributed by atoms with Crippen LogP contribution >= 0.6 is 11.3 Å². The number of carbonyl (C=O) groups excluding carboxylic acids is 1. The SMILES string of the molecule is CC1CCC([NH+](C(=O)[NH2+]c2ncc(CN3CCN(S(=O)N(C)C)CC3)s2)C2CCN(C3OC3OC(C)(C)C)CC2)CC1. The fourth-order valence-electron chi connectivity index (χ4n) is 6.71. The quantitative estimate of drug-likeness (QED) is 0.396. The second-order valence-electron chi connectivity index (χ2n) is 13.8. The molecule has 4 fully saturated rings. The largest absolute Gasteiger partial charge is 0.516 e. The Labute approximate surface area is 258 Å². The van der Waals surface area contributed by atoms with Gasteiger partial charge in [0.15, 0.2) is 23.7 Å². The van der Waals surface area contributed by atoms with Crippen LogP contribution in [0.15, 0.2) is 6.20 Å². The molecule has 1 aromatic rings. The second-order valence-corrected chi connectivity index (χ2v) is 16.6. The van der Waals surface area contributed by atoms with Gasteiger partial charge in [0.1, 0.15) is 6.04 Å². The number of hydrogen-bond donors (Lipinski definition) is 2. The Kier molecular flexibility index (Phi) is 10.9. The maximum absolute atomic E-state index is 14.0. The van der Waals surface area contributed by atoms with Crippen molar-refractivity contribution >= 4 is 33.7 Å². The highest BCUT2D eigenvalue weighted by Crippen LogP contribution is 2.33. The van der Waals surface area contributed by atoms with E-state index >= 15 is 0 Å². The fourth-order valence-corrected chi connectivity index (χ4v) is 8.54. The van der Waals surface area contributed by atoms with Gasteiger partial charge >= 0.3 is 6.03 Å². The van der Waals surface area contributed by atoms with Crippen LogP contribution in [0.4, 0.5) is 9.93 Å². The molecule has 1 aromatic heterocycles. The molecule has 0 radical (unpaired) electrons. The van der Waals surface area contributed by atoms with Gasteiger partial charge in [0.25, 0.3) is 5.13 Å². The second kappa shape index (κ2) is 14.1. The number of nitrogens with zero attached hydrogens (tertiary/aromatic N) is 5. The molecule has 13 heteroatoms. The molecule has 3 saturated heterocycles. The molecule has 4 heterocycles. The molecule has 11 nitrogen and oxygen atoms in total. The Morgan fingerprint density at radius 1 is 1.10 bits per heavy atom. The van der Waals surface area contributed by atoms with Crippen molar-refractivity contribution in [3.63, 3.8) is 0 Å². The third kappa shape index (κ3) is 8.64. The van der Waals surface area contributed by atoms with Crippen LogP contribution in [0.2, 0.25) is 0 Å². The van der Waals surface area contributed by atoms with Crippen molar-refractivity contribution in [2.24, 2.45) is 5.92 Å². The Morgan fingerprint density at radius 3 is 2.36 bits per heavy atom. The molecule has 3 aliphatic heterocycles. The van der Waals surface area contributed by atoms with Crippen LogP contribution in [0.1, 0.15) is 71.1 Å². The van der Waals surface area contributed by atoms with Crippen LogP contribution in [0.3, 0.4) is 0 Å². The van der Waals surface area contributed by atoms with Crippen molar-refractivity contribution < 1.29 is 28.7 Å². The van der Waals surface area contributed by atoms with Crippen LogP contribution in [0.25, 0.3) is 0 Å². The lowest BCUT2D eigenvalue weighted by molar-refractivity contribution is -0.912. The summed E-state index contributed by atoms with van der Waals surface area (Å²) in [7, 11) is 3.70. The standard InChI is InChI=1S/C29H51N7O4S2/c1-21-7-9-22(10-8-21)36(23-11-13-34(14-12-23)25-26(39-25)40-29(2,3)4)28(37)31-27-30-19-24(41-27)20-33-15-17-35(18-16-33)42(38)32(5)6/h19,21-23,25-26H,7-18,20H2,1-6H3,(H,30,31,37)/p+2. The van der Waals surface area contributed by atoms with E-state index < -0.39 is 11.2 Å². The predicted octanol–water partition coefficient (Wildman–Crippen LogP) is 1.14. The summed E-state index contributed by atoms with van der Waals surface area (Å²) in [4.78, 5) is 25.7. The zero-order chi connectivity index (χ0) is 30.0. The summed E-state index contributed by atoms with van der Waals surface area (Å²) in [5.41, 5.74) is -0.211. The van der Waals surface area contributed by atoms with Gasteiger partial charge in [-0.25, -0.2) is 17.7 Å². The summed E-state index contributed by atoms with van der Waals surface area (Å²) < 4.78 is 28.0. The summed E-state index contributed by atoms with van der Waals surface area (Å²) in [6, 6.07) is 0.914. The van der Waals surface area contributed by atoms with Crippen LogP contribution in [-0.2, 0) is 27.2 Å². The van der Waals surface area contributed by atoms with Crippen LogP contribution in [0, 0.1) is 5.92 Å². The summed E-state index contributed by atoms with van der Waals surface area (Å²) in [5.74, 6) is 0.751. The van der Waals surface area contributed by atoms with E-state index in [-0.39, 0.29) is 24.2 Å². The molecule has 4 aliphatic rings. The first-order valence-electron chi connectivity index (χ1n) is 15.8. The zero-order valence-corrected chi connectivity index (χ0v) is 28.1. The summed E-state index contributed by atoms with van der Waals surface area (Å²) in [6.45, 7) is 14.6. The van der Waals surface area contributed by atoms with Crippen molar-refractivity contribution in [2.45, 2.75) is 103 Å². The van der Waals surface area contributed by atoms with E-state index in [1.165, 1.54) is 17.7 Å². The number of aromatic nitrogens is 1. The number of hydrogen-bond acceptors (Lipinski definition) is 8. The van der Waals surface area contributed by atoms with Gasteiger partial charge in [-0.05, 0) is 39.5 Å². The van der Waals surface area contributed by atoms with Crippen molar-refractivity contribution in [1.82, 2.24) is 23.4 Å². The minimum Gasteiger partial charge on any atom is -0.343 e. The van der Waals surface area contributed by atoms with Gasteiger partial charge in [0.05, 0.1) is 11.6 Å². The van der Waals surface area contributed by atoms with Crippen molar-refractivity contribution in [2.75, 3.05) is 53.4 Å². The number of amides is 2. The number of primary amides is 1. The number of likely N-dealkylation sites (tertiary alicyclic amines) is 1. The molecule has 0 spiro atoms. The van der Waals surface area contributed by atoms with Crippen molar-refractivity contribution in [3.8, 4) is 0 Å². The first-order valence-corrected chi connectivity index (χ1v) is 17.7. The summed E-state index contributed by atoms with van der Waals surface area (Å²) in [5, 5.41) is 2.64. The number of thiazole rings is 1. The third-order valence-corrected chi connectivity index (χ3v) is 11.4. The molecule has 1 aliphatic carbocycles. The maximum atomic E-state index is 14.0. The Morgan fingerprint density at radius 2 is 1.74 bits per heavy atom. The number of carbonyl (C=O) groups is 1. The molecule has 3 N–H and O–H groups in total. The summed E-state index contributed by atoms with van der Waals surface area (Å²) >= 11 is 0.563. The molecule has 2 amide bonds. The number of rotatable bonds is 9. The first kappa shape index (κ1) is 32.5. The van der Waals surface area contributed by atoms with Gasteiger partial charge in [-0.1, -0.05) is 18.3 Å². The maximum Gasteiger partial charge on any atom is 0.516 e. The van der Waals surface area contributed by atoms with E-state index in [0.717, 1.165) is 87.4 Å². The van der Waals surface area contributed by atoms with Crippen LogP contribution < -0.4 is 10.2 Å². The molecule has 0 aromatic carbocycles. The number of ether oxygens (including phenoxy) is 2. The van der Waals surface area contributed by atoms with E-state index in [0.29, 0.717) is 12.1 Å². The lowest BCUT2D eigenvalue weighted by atomic mass is 9.85. The monoisotopic (exact) mass is 627 g/mol. The normalized spacial score (nSPS) is 30.5. The predicted molar refractivity (Wildman–Crippen MR) is 164 cm³/mol. The van der Waals surface area contributed by atoms with Crippen molar-refractivity contribution in [3.05, 3.63) is 11.1 Å². The van der Waals surface area contributed by atoms with Crippen LogP contribution in [0.5, 0.6) is 0 Å². The van der Waals surface area contributed by atoms with E-state index in [4.69, 9.17) is 9.47 Å². The highest BCUT2D eigenvalue weighted by molar-refractivity contribution is 7.80. The molecule has 238 valence electrons. The molecule has 42 heavy (non-hydrogen) atoms. The van der Waals surface area contributed by atoms with E-state index in [1.54, 1.807) is 15.6 Å². The highest BCUT2D eigenvalue weighted by atomic mass is 32.2. The van der Waals surface area contributed by atoms with Crippen LogP contribution in [-0.4, -0.2) is 117 Å².